The molecule has 0 unspecified atom stereocenters. The molecular formula is C6H13NO2. The van der Waals surface area contributed by atoms with Gasteiger partial charge >= 0.3 is 6.09 Å². The van der Waals surface area contributed by atoms with Gasteiger partial charge in [-0.2, -0.15) is 0 Å². The van der Waals surface area contributed by atoms with Crippen molar-refractivity contribution in [3.8, 4) is 0 Å². The number of alkyl carbamates (subject to hydrolysis) is 1. The maximum absolute atomic E-state index is 10.7. The van der Waals surface area contributed by atoms with Crippen LogP contribution in [0.3, 0.4) is 0 Å². The molecule has 0 atom stereocenters. The molecule has 0 aromatic carbocycles. The third kappa shape index (κ3) is 5.14. The average Bonchev–Trinajstić information content (AvgIpc) is 1.53. The topological polar surface area (TPSA) is 38.3 Å². The molecule has 0 radical (unpaired) electrons. The van der Waals surface area contributed by atoms with Gasteiger partial charge in [0.05, 0.1) is 0 Å². The minimum Gasteiger partial charge on any atom is -0.444 e. The molecule has 1 amide bonds. The van der Waals surface area contributed by atoms with Crippen LogP contribution in [0, 0.1) is 0 Å². The van der Waals surface area contributed by atoms with Gasteiger partial charge in [0.25, 0.3) is 0 Å². The molecule has 0 heterocycles. The Morgan fingerprint density at radius 1 is 1.67 bits per heavy atom. The van der Waals surface area contributed by atoms with E-state index in [0.717, 1.165) is 0 Å². The van der Waals surface area contributed by atoms with Crippen molar-refractivity contribution in [1.82, 2.24) is 5.32 Å². The molecule has 3 nitrogen and oxygen atoms in total. The molecule has 0 fully saturated rings. The molecular weight excluding hydrogens is 118 g/mol. The second kappa shape index (κ2) is 2.71. The summed E-state index contributed by atoms with van der Waals surface area (Å²) < 4.78 is 18.1. The van der Waals surface area contributed by atoms with Crippen LogP contribution in [0.1, 0.15) is 23.5 Å². The van der Waals surface area contributed by atoms with E-state index in [1.54, 1.807) is 20.8 Å². The van der Waals surface area contributed by atoms with E-state index >= 15 is 0 Å². The van der Waals surface area contributed by atoms with Crippen molar-refractivity contribution < 1.29 is 12.3 Å². The highest BCUT2D eigenvalue weighted by Crippen LogP contribution is 2.05. The molecule has 0 aliphatic carbocycles. The average molecular weight is 133 g/mol. The summed E-state index contributed by atoms with van der Waals surface area (Å²) in [5.41, 5.74) is -0.570. The molecule has 0 aliphatic heterocycles. The quantitative estimate of drug-likeness (QED) is 0.538. The van der Waals surface area contributed by atoms with Gasteiger partial charge in [-0.05, 0) is 20.8 Å². The second-order valence-corrected chi connectivity index (χ2v) is 2.65. The molecule has 54 valence electrons. The third-order valence-electron chi connectivity index (χ3n) is 0.517. The molecule has 9 heavy (non-hydrogen) atoms. The van der Waals surface area contributed by atoms with Crippen LogP contribution in [-0.4, -0.2) is 18.7 Å². The summed E-state index contributed by atoms with van der Waals surface area (Å²) in [4.78, 5) is 10.7. The number of rotatable bonds is 0. The van der Waals surface area contributed by atoms with E-state index in [-0.39, 0.29) is 0 Å². The van der Waals surface area contributed by atoms with Gasteiger partial charge in [0, 0.05) is 9.74 Å². The first-order valence-corrected chi connectivity index (χ1v) is 2.65. The summed E-state index contributed by atoms with van der Waals surface area (Å²) in [6.07, 6.45) is -0.729. The Morgan fingerprint density at radius 3 is 2.56 bits per heavy atom. The van der Waals surface area contributed by atoms with Gasteiger partial charge in [0.1, 0.15) is 5.60 Å². The zero-order valence-electron chi connectivity index (χ0n) is 7.89. The Kier molecular flexibility index (Phi) is 1.53. The lowest BCUT2D eigenvalue weighted by atomic mass is 10.2. The van der Waals surface area contributed by atoms with Gasteiger partial charge in [-0.25, -0.2) is 4.79 Å². The second-order valence-electron chi connectivity index (χ2n) is 2.65. The molecule has 0 aromatic heterocycles. The van der Waals surface area contributed by atoms with Crippen LogP contribution in [0.5, 0.6) is 0 Å². The molecule has 0 saturated heterocycles. The van der Waals surface area contributed by atoms with Crippen molar-refractivity contribution in [2.45, 2.75) is 26.4 Å². The normalized spacial score (nSPS) is 14.2. The third-order valence-corrected chi connectivity index (χ3v) is 0.517. The summed E-state index contributed by atoms with van der Waals surface area (Å²) in [5.74, 6) is 0. The number of hydrogen-bond acceptors (Lipinski definition) is 2. The number of amides is 1. The van der Waals surface area contributed by atoms with Crippen LogP contribution in [0.15, 0.2) is 0 Å². The largest absolute Gasteiger partial charge is 0.444 e. The van der Waals surface area contributed by atoms with Gasteiger partial charge in [0.2, 0.25) is 0 Å². The molecule has 0 saturated carbocycles. The Hall–Kier alpha value is -0.730. The van der Waals surface area contributed by atoms with Crippen LogP contribution >= 0.6 is 0 Å². The monoisotopic (exact) mass is 133 g/mol. The summed E-state index contributed by atoms with van der Waals surface area (Å²) in [7, 11) is 0. The summed E-state index contributed by atoms with van der Waals surface area (Å²) in [6, 6.07) is 0. The van der Waals surface area contributed by atoms with Gasteiger partial charge in [-0.3, -0.25) is 0 Å². The SMILES string of the molecule is [2H]C([2H])NC(=O)OC(C)(C)C. The molecule has 3 heteroatoms. The number of hydrogen-bond donors (Lipinski definition) is 1. The molecule has 1 N–H and O–H groups in total. The first kappa shape index (κ1) is 5.09. The lowest BCUT2D eigenvalue weighted by Gasteiger charge is -2.18. The number of ether oxygens (including phenoxy) is 1. The predicted molar refractivity (Wildman–Crippen MR) is 35.3 cm³/mol. The van der Waals surface area contributed by atoms with Crippen molar-refractivity contribution in [1.29, 1.82) is 0 Å². The van der Waals surface area contributed by atoms with E-state index in [1.165, 1.54) is 0 Å². The van der Waals surface area contributed by atoms with Crippen molar-refractivity contribution in [2.24, 2.45) is 0 Å². The van der Waals surface area contributed by atoms with Crippen molar-refractivity contribution in [3.05, 3.63) is 0 Å². The Labute approximate surface area is 58.2 Å². The maximum Gasteiger partial charge on any atom is 0.407 e. The first-order valence-electron chi connectivity index (χ1n) is 3.81. The minimum absolute atomic E-state index is 0.570. The molecule has 0 spiro atoms. The standard InChI is InChI=1S/C6H13NO2/c1-6(2,3)9-5(8)7-4/h1-4H3,(H,7,8)/i4D2. The van der Waals surface area contributed by atoms with E-state index in [0.29, 0.717) is 0 Å². The maximum atomic E-state index is 10.7. The van der Waals surface area contributed by atoms with Crippen molar-refractivity contribution >= 4 is 6.09 Å². The zero-order chi connectivity index (χ0) is 9.07. The fraction of sp³-hybridized carbons (Fsp3) is 0.833. The Morgan fingerprint density at radius 2 is 2.22 bits per heavy atom. The number of carbonyl (C=O) groups is 1. The van der Waals surface area contributed by atoms with Crippen LogP contribution in [0.2, 0.25) is 0 Å². The smallest absolute Gasteiger partial charge is 0.407 e. The predicted octanol–water partition coefficient (Wildman–Crippen LogP) is 1.14. The number of carbonyl (C=O) groups excluding carboxylic acids is 1. The highest BCUT2D eigenvalue weighted by Gasteiger charge is 2.13. The van der Waals surface area contributed by atoms with Crippen molar-refractivity contribution in [3.63, 3.8) is 0 Å². The highest BCUT2D eigenvalue weighted by atomic mass is 16.6. The van der Waals surface area contributed by atoms with E-state index in [9.17, 15) is 4.79 Å². The van der Waals surface area contributed by atoms with Gasteiger partial charge in [0.15, 0.2) is 0 Å². The van der Waals surface area contributed by atoms with Crippen LogP contribution in [0.4, 0.5) is 4.79 Å². The van der Waals surface area contributed by atoms with E-state index < -0.39 is 18.7 Å². The molecule has 0 aromatic rings. The van der Waals surface area contributed by atoms with E-state index in [4.69, 9.17) is 7.48 Å². The first-order chi connectivity index (χ1) is 4.81. The summed E-state index contributed by atoms with van der Waals surface area (Å²) >= 11 is 0. The van der Waals surface area contributed by atoms with Crippen molar-refractivity contribution in [2.75, 3.05) is 7.00 Å². The van der Waals surface area contributed by atoms with Crippen LogP contribution in [0.25, 0.3) is 0 Å². The minimum atomic E-state index is -1.37. The Balaban J connectivity index is 3.71. The summed E-state index contributed by atoms with van der Waals surface area (Å²) in [5, 5.41) is 1.97. The molecule has 0 rings (SSSR count). The van der Waals surface area contributed by atoms with Crippen LogP contribution < -0.4 is 5.32 Å². The van der Waals surface area contributed by atoms with E-state index in [2.05, 4.69) is 0 Å². The van der Waals surface area contributed by atoms with Crippen LogP contribution in [-0.2, 0) is 4.74 Å². The fourth-order valence-electron chi connectivity index (χ4n) is 0.308. The van der Waals surface area contributed by atoms with E-state index in [1.807, 2.05) is 5.32 Å². The highest BCUT2D eigenvalue weighted by molar-refractivity contribution is 5.67. The lowest BCUT2D eigenvalue weighted by Crippen LogP contribution is -2.30. The van der Waals surface area contributed by atoms with Gasteiger partial charge < -0.3 is 10.1 Å². The fourth-order valence-corrected chi connectivity index (χ4v) is 0.308. The van der Waals surface area contributed by atoms with Gasteiger partial charge in [-0.15, -0.1) is 0 Å². The Bertz CT molecular complexity index is 142. The molecule has 0 bridgehead atoms. The zero-order valence-corrected chi connectivity index (χ0v) is 5.89. The number of nitrogens with one attached hydrogen (secondary N) is 1. The molecule has 0 aliphatic rings. The lowest BCUT2D eigenvalue weighted by molar-refractivity contribution is 0.0541. The summed E-state index contributed by atoms with van der Waals surface area (Å²) in [6.45, 7) is 3.78. The van der Waals surface area contributed by atoms with Gasteiger partial charge in [-0.1, -0.05) is 0 Å².